The third-order valence-electron chi connectivity index (χ3n) is 3.61. The van der Waals surface area contributed by atoms with Crippen molar-refractivity contribution in [2.24, 2.45) is 5.92 Å². The van der Waals surface area contributed by atoms with E-state index in [4.69, 9.17) is 5.11 Å². The molecule has 0 saturated heterocycles. The number of anilines is 1. The molecule has 0 aromatic heterocycles. The predicted octanol–water partition coefficient (Wildman–Crippen LogP) is 3.11. The van der Waals surface area contributed by atoms with E-state index in [0.717, 1.165) is 36.7 Å². The summed E-state index contributed by atoms with van der Waals surface area (Å²) in [6.45, 7) is 0.759. The van der Waals surface area contributed by atoms with Crippen LogP contribution in [-0.2, 0) is 0 Å². The Kier molecular flexibility index (Phi) is 4.82. The topological polar surface area (TPSA) is 69.6 Å². The molecule has 19 heavy (non-hydrogen) atoms. The van der Waals surface area contributed by atoms with Gasteiger partial charge in [0.2, 0.25) is 0 Å². The van der Waals surface area contributed by atoms with Crippen LogP contribution < -0.4 is 5.32 Å². The van der Waals surface area contributed by atoms with Gasteiger partial charge in [0.25, 0.3) is 0 Å². The van der Waals surface area contributed by atoms with Gasteiger partial charge in [-0.15, -0.1) is 0 Å². The number of carboxylic acid groups (broad SMARTS) is 1. The van der Waals surface area contributed by atoms with Crippen LogP contribution in [-0.4, -0.2) is 28.8 Å². The fourth-order valence-electron chi connectivity index (χ4n) is 2.45. The molecule has 0 aliphatic heterocycles. The molecule has 0 radical (unpaired) electrons. The van der Waals surface area contributed by atoms with Crippen LogP contribution in [0.15, 0.2) is 22.7 Å². The van der Waals surface area contributed by atoms with E-state index in [1.54, 1.807) is 12.1 Å². The fraction of sp³-hybridized carbons (Fsp3) is 0.500. The van der Waals surface area contributed by atoms with Gasteiger partial charge in [0.1, 0.15) is 0 Å². The smallest absolute Gasteiger partial charge is 0.337 e. The Morgan fingerprint density at radius 3 is 2.63 bits per heavy atom. The molecule has 0 unspecified atom stereocenters. The molecule has 4 nitrogen and oxygen atoms in total. The molecule has 1 aromatic carbocycles. The van der Waals surface area contributed by atoms with Crippen LogP contribution in [0.1, 0.15) is 36.0 Å². The van der Waals surface area contributed by atoms with Crippen LogP contribution in [0.3, 0.4) is 0 Å². The number of carboxylic acids is 1. The van der Waals surface area contributed by atoms with Crippen LogP contribution in [0.4, 0.5) is 5.69 Å². The SMILES string of the molecule is O=C(O)c1cc(Br)ccc1NCC1CCC(O)CC1. The van der Waals surface area contributed by atoms with E-state index in [1.165, 1.54) is 0 Å². The molecule has 0 atom stereocenters. The molecule has 1 fully saturated rings. The van der Waals surface area contributed by atoms with Gasteiger partial charge in [0, 0.05) is 16.7 Å². The molecule has 1 aliphatic carbocycles. The Balaban J connectivity index is 1.97. The van der Waals surface area contributed by atoms with Crippen LogP contribution >= 0.6 is 15.9 Å². The van der Waals surface area contributed by atoms with Crippen LogP contribution in [0.5, 0.6) is 0 Å². The fourth-order valence-corrected chi connectivity index (χ4v) is 2.81. The summed E-state index contributed by atoms with van der Waals surface area (Å²) in [4.78, 5) is 11.2. The molecule has 1 saturated carbocycles. The average Bonchev–Trinajstić information content (AvgIpc) is 2.39. The zero-order valence-electron chi connectivity index (χ0n) is 10.6. The number of aromatic carboxylic acids is 1. The summed E-state index contributed by atoms with van der Waals surface area (Å²) in [5.74, 6) is -0.420. The summed E-state index contributed by atoms with van der Waals surface area (Å²) in [6.07, 6.45) is 3.52. The van der Waals surface area contributed by atoms with Crippen molar-refractivity contribution in [3.05, 3.63) is 28.2 Å². The largest absolute Gasteiger partial charge is 0.478 e. The Hall–Kier alpha value is -1.07. The van der Waals surface area contributed by atoms with Gasteiger partial charge in [-0.05, 0) is 49.8 Å². The van der Waals surface area contributed by atoms with Gasteiger partial charge in [-0.2, -0.15) is 0 Å². The minimum Gasteiger partial charge on any atom is -0.478 e. The molecular formula is C14H18BrNO3. The standard InChI is InChI=1S/C14H18BrNO3/c15-10-3-6-13(12(7-10)14(18)19)16-8-9-1-4-11(17)5-2-9/h3,6-7,9,11,16-17H,1-2,4-5,8H2,(H,18,19). The molecule has 0 bridgehead atoms. The van der Waals surface area contributed by atoms with Crippen molar-refractivity contribution < 1.29 is 15.0 Å². The molecule has 1 aliphatic rings. The van der Waals surface area contributed by atoms with Crippen LogP contribution in [0.25, 0.3) is 0 Å². The summed E-state index contributed by atoms with van der Waals surface area (Å²) in [7, 11) is 0. The summed E-state index contributed by atoms with van der Waals surface area (Å²) < 4.78 is 0.760. The third-order valence-corrected chi connectivity index (χ3v) is 4.10. The first-order chi connectivity index (χ1) is 9.06. The van der Waals surface area contributed by atoms with Crippen LogP contribution in [0.2, 0.25) is 0 Å². The predicted molar refractivity (Wildman–Crippen MR) is 77.6 cm³/mol. The second-order valence-corrected chi connectivity index (χ2v) is 5.97. The first-order valence-electron chi connectivity index (χ1n) is 6.51. The molecule has 5 heteroatoms. The van der Waals surface area contributed by atoms with E-state index in [2.05, 4.69) is 21.2 Å². The van der Waals surface area contributed by atoms with E-state index >= 15 is 0 Å². The van der Waals surface area contributed by atoms with Gasteiger partial charge < -0.3 is 15.5 Å². The summed E-state index contributed by atoms with van der Waals surface area (Å²) in [5, 5.41) is 21.8. The van der Waals surface area contributed by atoms with Crippen molar-refractivity contribution in [2.75, 3.05) is 11.9 Å². The van der Waals surface area contributed by atoms with Crippen molar-refractivity contribution in [1.82, 2.24) is 0 Å². The lowest BCUT2D eigenvalue weighted by molar-refractivity contribution is 0.0698. The van der Waals surface area contributed by atoms with E-state index < -0.39 is 5.97 Å². The number of nitrogens with one attached hydrogen (secondary N) is 1. The molecule has 2 rings (SSSR count). The second kappa shape index (κ2) is 6.39. The maximum Gasteiger partial charge on any atom is 0.337 e. The Labute approximate surface area is 121 Å². The highest BCUT2D eigenvalue weighted by atomic mass is 79.9. The van der Waals surface area contributed by atoms with Crippen molar-refractivity contribution in [1.29, 1.82) is 0 Å². The lowest BCUT2D eigenvalue weighted by Gasteiger charge is -2.26. The Bertz CT molecular complexity index is 456. The van der Waals surface area contributed by atoms with Gasteiger partial charge in [0.05, 0.1) is 11.7 Å². The number of halogens is 1. The first kappa shape index (κ1) is 14.3. The zero-order chi connectivity index (χ0) is 13.8. The highest BCUT2D eigenvalue weighted by molar-refractivity contribution is 9.10. The van der Waals surface area contributed by atoms with Gasteiger partial charge in [-0.25, -0.2) is 4.79 Å². The molecule has 104 valence electrons. The minimum atomic E-state index is -0.928. The maximum atomic E-state index is 11.2. The molecule has 1 aromatic rings. The maximum absolute atomic E-state index is 11.2. The quantitative estimate of drug-likeness (QED) is 0.794. The number of hydrogen-bond acceptors (Lipinski definition) is 3. The van der Waals surface area contributed by atoms with E-state index in [9.17, 15) is 9.90 Å². The first-order valence-corrected chi connectivity index (χ1v) is 7.30. The molecule has 3 N–H and O–H groups in total. The summed E-state index contributed by atoms with van der Waals surface area (Å²) in [5.41, 5.74) is 0.937. The van der Waals surface area contributed by atoms with Crippen molar-refractivity contribution in [2.45, 2.75) is 31.8 Å². The monoisotopic (exact) mass is 327 g/mol. The number of rotatable bonds is 4. The molecule has 0 heterocycles. The normalized spacial score (nSPS) is 23.1. The molecule has 0 amide bonds. The number of carbonyl (C=O) groups is 1. The van der Waals surface area contributed by atoms with E-state index in [1.807, 2.05) is 6.07 Å². The lowest BCUT2D eigenvalue weighted by Crippen LogP contribution is -2.24. The van der Waals surface area contributed by atoms with Crippen molar-refractivity contribution in [3.8, 4) is 0 Å². The number of hydrogen-bond donors (Lipinski definition) is 3. The number of benzene rings is 1. The van der Waals surface area contributed by atoms with Gasteiger partial charge in [-0.1, -0.05) is 15.9 Å². The van der Waals surface area contributed by atoms with Gasteiger partial charge >= 0.3 is 5.97 Å². The third kappa shape index (κ3) is 3.94. The minimum absolute atomic E-state index is 0.154. The van der Waals surface area contributed by atoms with E-state index in [-0.39, 0.29) is 11.7 Å². The van der Waals surface area contributed by atoms with Gasteiger partial charge in [0.15, 0.2) is 0 Å². The van der Waals surface area contributed by atoms with Gasteiger partial charge in [-0.3, -0.25) is 0 Å². The van der Waals surface area contributed by atoms with E-state index in [0.29, 0.717) is 11.6 Å². The highest BCUT2D eigenvalue weighted by Crippen LogP contribution is 2.26. The average molecular weight is 328 g/mol. The van der Waals surface area contributed by atoms with Crippen molar-refractivity contribution in [3.63, 3.8) is 0 Å². The summed E-state index contributed by atoms with van der Waals surface area (Å²) in [6, 6.07) is 5.22. The second-order valence-electron chi connectivity index (χ2n) is 5.05. The Morgan fingerprint density at radius 2 is 2.00 bits per heavy atom. The van der Waals surface area contributed by atoms with Crippen LogP contribution in [0, 0.1) is 5.92 Å². The highest BCUT2D eigenvalue weighted by Gasteiger charge is 2.19. The lowest BCUT2D eigenvalue weighted by atomic mass is 9.87. The summed E-state index contributed by atoms with van der Waals surface area (Å²) >= 11 is 3.28. The number of aliphatic hydroxyl groups excluding tert-OH is 1. The Morgan fingerprint density at radius 1 is 1.32 bits per heavy atom. The number of aliphatic hydroxyl groups is 1. The molecule has 0 spiro atoms. The van der Waals surface area contributed by atoms with Crippen molar-refractivity contribution >= 4 is 27.6 Å². The molecular weight excluding hydrogens is 310 g/mol. The zero-order valence-corrected chi connectivity index (χ0v) is 12.2.